The van der Waals surface area contributed by atoms with E-state index in [0.29, 0.717) is 11.8 Å². The van der Waals surface area contributed by atoms with Crippen molar-refractivity contribution in [1.29, 1.82) is 0 Å². The summed E-state index contributed by atoms with van der Waals surface area (Å²) in [7, 11) is 0. The van der Waals surface area contributed by atoms with Gasteiger partial charge in [0.15, 0.2) is 0 Å². The molecule has 1 heterocycles. The first kappa shape index (κ1) is 14.6. The number of aromatic carboxylic acids is 1. The highest BCUT2D eigenvalue weighted by atomic mass is 16.4. The lowest BCUT2D eigenvalue weighted by atomic mass is 9.80. The SMILES string of the molecule is CC1CC(C)CC(NC(=O)Cn2cccc2C(=O)O)C1. The summed E-state index contributed by atoms with van der Waals surface area (Å²) in [6.07, 6.45) is 4.85. The molecular formula is C15H22N2O3. The van der Waals surface area contributed by atoms with Crippen LogP contribution in [0.15, 0.2) is 18.3 Å². The maximum atomic E-state index is 12.0. The highest BCUT2D eigenvalue weighted by Gasteiger charge is 2.25. The van der Waals surface area contributed by atoms with Crippen LogP contribution in [0, 0.1) is 11.8 Å². The van der Waals surface area contributed by atoms with Crippen LogP contribution in [-0.2, 0) is 11.3 Å². The molecule has 2 N–H and O–H groups in total. The van der Waals surface area contributed by atoms with Gasteiger partial charge in [0.05, 0.1) is 0 Å². The number of carboxylic acids is 1. The Balaban J connectivity index is 1.92. The number of nitrogens with zero attached hydrogens (tertiary/aromatic N) is 1. The van der Waals surface area contributed by atoms with Crippen LogP contribution in [0.3, 0.4) is 0 Å². The van der Waals surface area contributed by atoms with Crippen LogP contribution in [0.4, 0.5) is 0 Å². The summed E-state index contributed by atoms with van der Waals surface area (Å²) in [5.41, 5.74) is 0.144. The van der Waals surface area contributed by atoms with Crippen molar-refractivity contribution in [2.45, 2.75) is 45.7 Å². The molecule has 0 spiro atoms. The Kier molecular flexibility index (Phi) is 4.47. The van der Waals surface area contributed by atoms with E-state index in [0.717, 1.165) is 12.8 Å². The van der Waals surface area contributed by atoms with E-state index in [2.05, 4.69) is 19.2 Å². The van der Waals surface area contributed by atoms with Crippen LogP contribution < -0.4 is 5.32 Å². The van der Waals surface area contributed by atoms with E-state index in [1.165, 1.54) is 17.1 Å². The van der Waals surface area contributed by atoms with Gasteiger partial charge in [-0.2, -0.15) is 0 Å². The lowest BCUT2D eigenvalue weighted by Crippen LogP contribution is -2.41. The number of carbonyl (C=O) groups is 2. The molecule has 1 aromatic heterocycles. The predicted octanol–water partition coefficient (Wildman–Crippen LogP) is 2.13. The Morgan fingerprint density at radius 2 is 1.95 bits per heavy atom. The molecule has 0 bridgehead atoms. The summed E-state index contributed by atoms with van der Waals surface area (Å²) >= 11 is 0. The predicted molar refractivity (Wildman–Crippen MR) is 75.5 cm³/mol. The van der Waals surface area contributed by atoms with Gasteiger partial charge in [0, 0.05) is 12.2 Å². The first-order chi connectivity index (χ1) is 9.45. The Labute approximate surface area is 119 Å². The van der Waals surface area contributed by atoms with Crippen molar-refractivity contribution >= 4 is 11.9 Å². The van der Waals surface area contributed by atoms with Crippen molar-refractivity contribution in [3.63, 3.8) is 0 Å². The Morgan fingerprint density at radius 3 is 2.55 bits per heavy atom. The summed E-state index contributed by atoms with van der Waals surface area (Å²) < 4.78 is 1.47. The summed E-state index contributed by atoms with van der Waals surface area (Å²) in [5.74, 6) is 0.133. The number of hydrogen-bond acceptors (Lipinski definition) is 2. The van der Waals surface area contributed by atoms with Gasteiger partial charge >= 0.3 is 5.97 Å². The fourth-order valence-corrected chi connectivity index (χ4v) is 3.24. The molecule has 1 aliphatic rings. The molecule has 1 aromatic rings. The van der Waals surface area contributed by atoms with Gasteiger partial charge in [-0.15, -0.1) is 0 Å². The average Bonchev–Trinajstić information content (AvgIpc) is 2.75. The minimum Gasteiger partial charge on any atom is -0.477 e. The lowest BCUT2D eigenvalue weighted by molar-refractivity contribution is -0.122. The van der Waals surface area contributed by atoms with Crippen molar-refractivity contribution in [1.82, 2.24) is 9.88 Å². The van der Waals surface area contributed by atoms with E-state index in [4.69, 9.17) is 5.11 Å². The molecule has 0 saturated heterocycles. The zero-order chi connectivity index (χ0) is 14.7. The van der Waals surface area contributed by atoms with Crippen LogP contribution in [-0.4, -0.2) is 27.6 Å². The summed E-state index contributed by atoms with van der Waals surface area (Å²) in [6, 6.07) is 3.35. The first-order valence-corrected chi connectivity index (χ1v) is 7.13. The van der Waals surface area contributed by atoms with Gasteiger partial charge < -0.3 is 15.0 Å². The van der Waals surface area contributed by atoms with Crippen molar-refractivity contribution in [2.75, 3.05) is 0 Å². The van der Waals surface area contributed by atoms with Gasteiger partial charge in [-0.05, 0) is 43.2 Å². The third-order valence-corrected chi connectivity index (χ3v) is 3.91. The summed E-state index contributed by atoms with van der Waals surface area (Å²) in [4.78, 5) is 23.0. The molecule has 0 aliphatic heterocycles. The zero-order valence-corrected chi connectivity index (χ0v) is 12.0. The van der Waals surface area contributed by atoms with Crippen LogP contribution in [0.1, 0.15) is 43.6 Å². The number of amides is 1. The molecular weight excluding hydrogens is 256 g/mol. The number of carbonyl (C=O) groups excluding carboxylic acids is 1. The Hall–Kier alpha value is -1.78. The van der Waals surface area contributed by atoms with E-state index in [9.17, 15) is 9.59 Å². The number of nitrogens with one attached hydrogen (secondary N) is 1. The monoisotopic (exact) mass is 278 g/mol. The highest BCUT2D eigenvalue weighted by Crippen LogP contribution is 2.28. The largest absolute Gasteiger partial charge is 0.477 e. The van der Waals surface area contributed by atoms with Gasteiger partial charge in [0.25, 0.3) is 0 Å². The number of aromatic nitrogens is 1. The normalized spacial score (nSPS) is 26.2. The van der Waals surface area contributed by atoms with E-state index in [-0.39, 0.29) is 24.2 Å². The minimum atomic E-state index is -1.01. The van der Waals surface area contributed by atoms with Gasteiger partial charge in [0.1, 0.15) is 12.2 Å². The Bertz CT molecular complexity index is 485. The van der Waals surface area contributed by atoms with Crippen LogP contribution in [0.25, 0.3) is 0 Å². The first-order valence-electron chi connectivity index (χ1n) is 7.13. The second kappa shape index (κ2) is 6.11. The van der Waals surface area contributed by atoms with Crippen molar-refractivity contribution in [2.24, 2.45) is 11.8 Å². The lowest BCUT2D eigenvalue weighted by Gasteiger charge is -2.32. The molecule has 5 heteroatoms. The van der Waals surface area contributed by atoms with Gasteiger partial charge in [0.2, 0.25) is 5.91 Å². The van der Waals surface area contributed by atoms with Crippen molar-refractivity contribution in [3.05, 3.63) is 24.0 Å². The van der Waals surface area contributed by atoms with E-state index in [1.807, 2.05) is 0 Å². The molecule has 1 aliphatic carbocycles. The van der Waals surface area contributed by atoms with Crippen LogP contribution in [0.2, 0.25) is 0 Å². The third-order valence-electron chi connectivity index (χ3n) is 3.91. The second-order valence-electron chi connectivity index (χ2n) is 6.01. The molecule has 2 unspecified atom stereocenters. The van der Waals surface area contributed by atoms with Crippen LogP contribution >= 0.6 is 0 Å². The van der Waals surface area contributed by atoms with Gasteiger partial charge in [-0.3, -0.25) is 4.79 Å². The molecule has 1 fully saturated rings. The van der Waals surface area contributed by atoms with Crippen molar-refractivity contribution < 1.29 is 14.7 Å². The maximum absolute atomic E-state index is 12.0. The fourth-order valence-electron chi connectivity index (χ4n) is 3.24. The fraction of sp³-hybridized carbons (Fsp3) is 0.600. The zero-order valence-electron chi connectivity index (χ0n) is 12.0. The minimum absolute atomic E-state index is 0.0634. The maximum Gasteiger partial charge on any atom is 0.352 e. The third kappa shape index (κ3) is 3.62. The van der Waals surface area contributed by atoms with Crippen molar-refractivity contribution in [3.8, 4) is 0 Å². The molecule has 20 heavy (non-hydrogen) atoms. The molecule has 1 amide bonds. The quantitative estimate of drug-likeness (QED) is 0.886. The Morgan fingerprint density at radius 1 is 1.30 bits per heavy atom. The molecule has 2 atom stereocenters. The standard InChI is InChI=1S/C15H22N2O3/c1-10-6-11(2)8-12(7-10)16-14(18)9-17-5-3-4-13(17)15(19)20/h3-5,10-12H,6-9H2,1-2H3,(H,16,18)(H,19,20). The number of rotatable bonds is 4. The van der Waals surface area contributed by atoms with Crippen LogP contribution in [0.5, 0.6) is 0 Å². The summed E-state index contributed by atoms with van der Waals surface area (Å²) in [5, 5.41) is 12.0. The summed E-state index contributed by atoms with van der Waals surface area (Å²) in [6.45, 7) is 4.49. The van der Waals surface area contributed by atoms with Gasteiger partial charge in [-0.25, -0.2) is 4.79 Å². The average molecular weight is 278 g/mol. The molecule has 0 radical (unpaired) electrons. The number of carboxylic acid groups (broad SMARTS) is 1. The van der Waals surface area contributed by atoms with E-state index in [1.54, 1.807) is 12.3 Å². The molecule has 1 saturated carbocycles. The molecule has 2 rings (SSSR count). The number of hydrogen-bond donors (Lipinski definition) is 2. The molecule has 110 valence electrons. The molecule has 0 aromatic carbocycles. The highest BCUT2D eigenvalue weighted by molar-refractivity contribution is 5.86. The van der Waals surface area contributed by atoms with E-state index < -0.39 is 5.97 Å². The van der Waals surface area contributed by atoms with Gasteiger partial charge in [-0.1, -0.05) is 13.8 Å². The second-order valence-corrected chi connectivity index (χ2v) is 6.01. The molecule has 5 nitrogen and oxygen atoms in total. The van der Waals surface area contributed by atoms with E-state index >= 15 is 0 Å². The smallest absolute Gasteiger partial charge is 0.352 e. The topological polar surface area (TPSA) is 71.3 Å².